The highest BCUT2D eigenvalue weighted by molar-refractivity contribution is 7.92. The number of anilines is 2. The molecule has 0 bridgehead atoms. The number of allylic oxidation sites excluding steroid dienone is 2. The molecular weight excluding hydrogens is 460 g/mol. The van der Waals surface area contributed by atoms with Gasteiger partial charge in [-0.25, -0.2) is 8.42 Å². The summed E-state index contributed by atoms with van der Waals surface area (Å²) >= 11 is 0. The molecule has 0 spiro atoms. The molecule has 5 rings (SSSR count). The van der Waals surface area contributed by atoms with E-state index in [4.69, 9.17) is 9.47 Å². The van der Waals surface area contributed by atoms with Crippen molar-refractivity contribution in [2.45, 2.75) is 37.1 Å². The molecule has 0 fully saturated rings. The Morgan fingerprint density at radius 3 is 2.23 bits per heavy atom. The lowest BCUT2D eigenvalue weighted by Crippen LogP contribution is -2.29. The van der Waals surface area contributed by atoms with Crippen molar-refractivity contribution >= 4 is 21.4 Å². The molecule has 0 aromatic heterocycles. The zero-order chi connectivity index (χ0) is 24.4. The van der Waals surface area contributed by atoms with Crippen molar-refractivity contribution < 1.29 is 17.9 Å². The number of nitrogens with one attached hydrogen (secondary N) is 2. The van der Waals surface area contributed by atoms with Gasteiger partial charge in [0.25, 0.3) is 10.0 Å². The highest BCUT2D eigenvalue weighted by Gasteiger charge is 2.38. The highest BCUT2D eigenvalue weighted by Crippen LogP contribution is 2.50. The number of hydrogen-bond acceptors (Lipinski definition) is 5. The van der Waals surface area contributed by atoms with Crippen molar-refractivity contribution in [3.05, 3.63) is 90.0 Å². The SMILES string of the molecule is CCOc1ccc(NS(=O)(=O)c2ccc3c(c2)C2C=CCC2C(c2ccc(OCC)cc2)N3)cc1. The van der Waals surface area contributed by atoms with Crippen LogP contribution in [0.15, 0.2) is 83.8 Å². The molecule has 0 amide bonds. The van der Waals surface area contributed by atoms with E-state index >= 15 is 0 Å². The van der Waals surface area contributed by atoms with Gasteiger partial charge >= 0.3 is 0 Å². The van der Waals surface area contributed by atoms with Gasteiger partial charge in [-0.05, 0) is 91.9 Å². The number of ether oxygens (including phenoxy) is 2. The van der Waals surface area contributed by atoms with Gasteiger partial charge in [0.2, 0.25) is 0 Å². The zero-order valence-electron chi connectivity index (χ0n) is 19.9. The third-order valence-corrected chi connectivity index (χ3v) is 7.99. The molecule has 1 aliphatic carbocycles. The van der Waals surface area contributed by atoms with Crippen LogP contribution in [0.5, 0.6) is 11.5 Å². The fraction of sp³-hybridized carbons (Fsp3) is 0.286. The Kier molecular flexibility index (Phi) is 6.43. The number of benzene rings is 3. The van der Waals surface area contributed by atoms with Crippen LogP contribution in [0.25, 0.3) is 0 Å². The van der Waals surface area contributed by atoms with Crippen LogP contribution in [-0.2, 0) is 10.0 Å². The molecule has 2 aliphatic rings. The molecule has 1 heterocycles. The minimum Gasteiger partial charge on any atom is -0.494 e. The first-order valence-electron chi connectivity index (χ1n) is 12.0. The summed E-state index contributed by atoms with van der Waals surface area (Å²) in [6, 6.07) is 20.7. The topological polar surface area (TPSA) is 76.7 Å². The number of rotatable bonds is 8. The Balaban J connectivity index is 1.40. The van der Waals surface area contributed by atoms with E-state index in [0.29, 0.717) is 30.6 Å². The maximum Gasteiger partial charge on any atom is 0.261 e. The molecular formula is C28H30N2O4S. The van der Waals surface area contributed by atoms with E-state index < -0.39 is 10.0 Å². The van der Waals surface area contributed by atoms with Gasteiger partial charge < -0.3 is 14.8 Å². The molecule has 0 saturated carbocycles. The summed E-state index contributed by atoms with van der Waals surface area (Å²) < 4.78 is 40.1. The van der Waals surface area contributed by atoms with Crippen molar-refractivity contribution in [1.82, 2.24) is 0 Å². The third-order valence-electron chi connectivity index (χ3n) is 6.61. The lowest BCUT2D eigenvalue weighted by Gasteiger charge is -2.37. The number of hydrogen-bond donors (Lipinski definition) is 2. The number of sulfonamides is 1. The van der Waals surface area contributed by atoms with Gasteiger partial charge in [-0.2, -0.15) is 0 Å². The fourth-order valence-electron chi connectivity index (χ4n) is 5.01. The van der Waals surface area contributed by atoms with Crippen molar-refractivity contribution in [3.63, 3.8) is 0 Å². The lowest BCUT2D eigenvalue weighted by molar-refractivity contribution is 0.339. The Hall–Kier alpha value is -3.45. The van der Waals surface area contributed by atoms with Crippen LogP contribution < -0.4 is 19.5 Å². The second-order valence-electron chi connectivity index (χ2n) is 8.79. The predicted molar refractivity (Wildman–Crippen MR) is 139 cm³/mol. The van der Waals surface area contributed by atoms with Crippen LogP contribution in [0, 0.1) is 5.92 Å². The van der Waals surface area contributed by atoms with Gasteiger partial charge in [0.05, 0.1) is 24.2 Å². The summed E-state index contributed by atoms with van der Waals surface area (Å²) in [5.41, 5.74) is 3.68. The summed E-state index contributed by atoms with van der Waals surface area (Å²) in [5.74, 6) is 2.04. The van der Waals surface area contributed by atoms with Crippen LogP contribution in [0.1, 0.15) is 43.4 Å². The van der Waals surface area contributed by atoms with E-state index in [1.165, 1.54) is 5.56 Å². The van der Waals surface area contributed by atoms with E-state index in [2.05, 4.69) is 34.3 Å². The van der Waals surface area contributed by atoms with E-state index in [9.17, 15) is 8.42 Å². The Bertz CT molecular complexity index is 1320. The summed E-state index contributed by atoms with van der Waals surface area (Å²) in [7, 11) is -3.73. The van der Waals surface area contributed by atoms with Crippen LogP contribution in [0.3, 0.4) is 0 Å². The van der Waals surface area contributed by atoms with E-state index in [1.54, 1.807) is 36.4 Å². The average molecular weight is 491 g/mol. The minimum atomic E-state index is -3.73. The summed E-state index contributed by atoms with van der Waals surface area (Å²) in [6.45, 7) is 5.09. The molecule has 3 aromatic rings. The van der Waals surface area contributed by atoms with Gasteiger partial charge in [-0.3, -0.25) is 4.72 Å². The van der Waals surface area contributed by atoms with Crippen molar-refractivity contribution in [1.29, 1.82) is 0 Å². The molecule has 1 aliphatic heterocycles. The quantitative estimate of drug-likeness (QED) is 0.373. The predicted octanol–water partition coefficient (Wildman–Crippen LogP) is 6.11. The van der Waals surface area contributed by atoms with Crippen LogP contribution >= 0.6 is 0 Å². The molecule has 182 valence electrons. The molecule has 6 nitrogen and oxygen atoms in total. The number of fused-ring (bicyclic) bond motifs is 3. The first-order valence-corrected chi connectivity index (χ1v) is 13.5. The average Bonchev–Trinajstić information content (AvgIpc) is 3.36. The first-order chi connectivity index (χ1) is 17.0. The second kappa shape index (κ2) is 9.66. The smallest absolute Gasteiger partial charge is 0.261 e. The Morgan fingerprint density at radius 1 is 0.914 bits per heavy atom. The summed E-state index contributed by atoms with van der Waals surface area (Å²) in [4.78, 5) is 0.255. The molecule has 0 saturated heterocycles. The van der Waals surface area contributed by atoms with Crippen LogP contribution in [0.4, 0.5) is 11.4 Å². The van der Waals surface area contributed by atoms with Gasteiger partial charge in [0.15, 0.2) is 0 Å². The van der Waals surface area contributed by atoms with E-state index in [1.807, 2.05) is 32.0 Å². The summed E-state index contributed by atoms with van der Waals surface area (Å²) in [6.07, 6.45) is 5.35. The largest absolute Gasteiger partial charge is 0.494 e. The Morgan fingerprint density at radius 2 is 1.57 bits per heavy atom. The van der Waals surface area contributed by atoms with E-state index in [-0.39, 0.29) is 16.9 Å². The molecule has 3 unspecified atom stereocenters. The van der Waals surface area contributed by atoms with Crippen molar-refractivity contribution in [3.8, 4) is 11.5 Å². The second-order valence-corrected chi connectivity index (χ2v) is 10.5. The van der Waals surface area contributed by atoms with Gasteiger partial charge in [-0.15, -0.1) is 0 Å². The lowest BCUT2D eigenvalue weighted by atomic mass is 9.77. The van der Waals surface area contributed by atoms with Gasteiger partial charge in [0.1, 0.15) is 11.5 Å². The van der Waals surface area contributed by atoms with Crippen LogP contribution in [-0.4, -0.2) is 21.6 Å². The molecule has 3 aromatic carbocycles. The van der Waals surface area contributed by atoms with E-state index in [0.717, 1.165) is 23.4 Å². The van der Waals surface area contributed by atoms with Crippen molar-refractivity contribution in [2.24, 2.45) is 5.92 Å². The maximum absolute atomic E-state index is 13.2. The molecule has 7 heteroatoms. The van der Waals surface area contributed by atoms with Gasteiger partial charge in [0, 0.05) is 17.3 Å². The van der Waals surface area contributed by atoms with Gasteiger partial charge in [-0.1, -0.05) is 24.3 Å². The standard InChI is InChI=1S/C28H30N2O4S/c1-3-33-21-12-8-19(9-13-21)28-25-7-5-6-24(25)26-18-23(16-17-27(26)29-28)35(31,32)30-20-10-14-22(15-11-20)34-4-2/h5-6,8-18,24-25,28-30H,3-4,7H2,1-2H3. The Labute approximate surface area is 207 Å². The normalized spacial score (nSPS) is 20.5. The third kappa shape index (κ3) is 4.73. The molecule has 3 atom stereocenters. The fourth-order valence-corrected chi connectivity index (χ4v) is 6.10. The molecule has 0 radical (unpaired) electrons. The molecule has 35 heavy (non-hydrogen) atoms. The van der Waals surface area contributed by atoms with Crippen molar-refractivity contribution in [2.75, 3.05) is 23.3 Å². The monoisotopic (exact) mass is 490 g/mol. The maximum atomic E-state index is 13.2. The zero-order valence-corrected chi connectivity index (χ0v) is 20.7. The first kappa shape index (κ1) is 23.3. The highest BCUT2D eigenvalue weighted by atomic mass is 32.2. The minimum absolute atomic E-state index is 0.141. The summed E-state index contributed by atoms with van der Waals surface area (Å²) in [5, 5.41) is 3.67. The molecule has 2 N–H and O–H groups in total. The van der Waals surface area contributed by atoms with Crippen LogP contribution in [0.2, 0.25) is 0 Å².